The zero-order valence-electron chi connectivity index (χ0n) is 12.1. The molecule has 2 atom stereocenters. The molecule has 116 valence electrons. The molecule has 21 heavy (non-hydrogen) atoms. The average Bonchev–Trinajstić information content (AvgIpc) is 2.37. The lowest BCUT2D eigenvalue weighted by atomic mass is 10.0. The van der Waals surface area contributed by atoms with Crippen LogP contribution < -0.4 is 5.73 Å². The first kappa shape index (κ1) is 15.8. The number of carboxylic acid groups (broad SMARTS) is 1. The average molecular weight is 312 g/mol. The van der Waals surface area contributed by atoms with E-state index in [4.69, 9.17) is 10.8 Å². The number of piperidine rings is 1. The molecule has 1 aromatic carbocycles. The number of carboxylic acids is 1. The molecular weight excluding hydrogens is 292 g/mol. The highest BCUT2D eigenvalue weighted by Crippen LogP contribution is 2.32. The van der Waals surface area contributed by atoms with Crippen molar-refractivity contribution in [3.63, 3.8) is 0 Å². The molecule has 0 amide bonds. The first-order valence-electron chi connectivity index (χ1n) is 6.91. The Labute approximate surface area is 124 Å². The maximum Gasteiger partial charge on any atom is 0.335 e. The van der Waals surface area contributed by atoms with Gasteiger partial charge in [0.2, 0.25) is 10.0 Å². The summed E-state index contributed by atoms with van der Waals surface area (Å²) in [6, 6.07) is 3.57. The molecule has 0 aliphatic carbocycles. The monoisotopic (exact) mass is 312 g/mol. The highest BCUT2D eigenvalue weighted by Gasteiger charge is 2.36. The summed E-state index contributed by atoms with van der Waals surface area (Å²) in [4.78, 5) is 10.9. The van der Waals surface area contributed by atoms with E-state index in [9.17, 15) is 13.2 Å². The summed E-state index contributed by atoms with van der Waals surface area (Å²) in [6.45, 7) is 3.77. The van der Waals surface area contributed by atoms with Crippen LogP contribution in [0.15, 0.2) is 23.1 Å². The van der Waals surface area contributed by atoms with Gasteiger partial charge < -0.3 is 10.8 Å². The minimum absolute atomic E-state index is 0.0203. The lowest BCUT2D eigenvalue weighted by Crippen LogP contribution is -2.47. The van der Waals surface area contributed by atoms with Gasteiger partial charge in [0.15, 0.2) is 0 Å². The van der Waals surface area contributed by atoms with E-state index >= 15 is 0 Å². The normalized spacial score (nSPS) is 23.9. The lowest BCUT2D eigenvalue weighted by molar-refractivity contribution is 0.0696. The van der Waals surface area contributed by atoms with Crippen LogP contribution in [0.2, 0.25) is 0 Å². The summed E-state index contributed by atoms with van der Waals surface area (Å²) in [5.41, 5.74) is 5.72. The van der Waals surface area contributed by atoms with Crippen LogP contribution in [0, 0.1) is 0 Å². The van der Waals surface area contributed by atoms with E-state index in [1.54, 1.807) is 0 Å². The molecule has 0 unspecified atom stereocenters. The van der Waals surface area contributed by atoms with Gasteiger partial charge in [0, 0.05) is 12.1 Å². The summed E-state index contributed by atoms with van der Waals surface area (Å²) < 4.78 is 27.1. The van der Waals surface area contributed by atoms with Crippen LogP contribution in [-0.4, -0.2) is 35.9 Å². The predicted octanol–water partition coefficient (Wildman–Crippen LogP) is 1.92. The smallest absolute Gasteiger partial charge is 0.335 e. The highest BCUT2D eigenvalue weighted by atomic mass is 32.2. The number of nitrogens with zero attached hydrogens (tertiary/aromatic N) is 1. The molecular formula is C14H20N2O4S. The van der Waals surface area contributed by atoms with E-state index in [1.165, 1.54) is 22.5 Å². The van der Waals surface area contributed by atoms with Crippen molar-refractivity contribution in [2.75, 3.05) is 5.73 Å². The summed E-state index contributed by atoms with van der Waals surface area (Å²) >= 11 is 0. The van der Waals surface area contributed by atoms with Crippen molar-refractivity contribution in [3.05, 3.63) is 23.8 Å². The largest absolute Gasteiger partial charge is 0.478 e. The number of benzene rings is 1. The fourth-order valence-corrected chi connectivity index (χ4v) is 4.88. The Balaban J connectivity index is 2.46. The summed E-state index contributed by atoms with van der Waals surface area (Å²) in [5, 5.41) is 8.92. The fraction of sp³-hybridized carbons (Fsp3) is 0.500. The first-order chi connectivity index (χ1) is 9.75. The predicted molar refractivity (Wildman–Crippen MR) is 79.6 cm³/mol. The number of carbonyl (C=O) groups is 1. The Bertz CT molecular complexity index is 647. The van der Waals surface area contributed by atoms with E-state index < -0.39 is 16.0 Å². The number of nitrogen functional groups attached to an aromatic ring is 1. The zero-order chi connectivity index (χ0) is 15.8. The number of nitrogens with two attached hydrogens (primary N) is 1. The Kier molecular flexibility index (Phi) is 4.25. The van der Waals surface area contributed by atoms with Crippen LogP contribution >= 0.6 is 0 Å². The molecule has 1 aromatic rings. The molecule has 6 nitrogen and oxygen atoms in total. The van der Waals surface area contributed by atoms with Crippen LogP contribution in [0.25, 0.3) is 0 Å². The molecule has 7 heteroatoms. The zero-order valence-corrected chi connectivity index (χ0v) is 12.9. The van der Waals surface area contributed by atoms with Crippen molar-refractivity contribution in [2.45, 2.75) is 50.1 Å². The van der Waals surface area contributed by atoms with Crippen LogP contribution in [0.1, 0.15) is 43.5 Å². The molecule has 2 rings (SSSR count). The number of aromatic carboxylic acids is 1. The van der Waals surface area contributed by atoms with Gasteiger partial charge in [-0.15, -0.1) is 0 Å². The standard InChI is InChI=1S/C14H20N2O4S/c1-9-4-3-5-10(2)16(9)21(19,20)13-7-6-11(14(17)18)8-12(13)15/h6-10H,3-5,15H2,1-2H3,(H,17,18)/t9-,10+. The Morgan fingerprint density at radius 2 is 1.86 bits per heavy atom. The topological polar surface area (TPSA) is 101 Å². The number of hydrogen-bond acceptors (Lipinski definition) is 4. The van der Waals surface area contributed by atoms with Crippen LogP contribution in [0.4, 0.5) is 5.69 Å². The van der Waals surface area contributed by atoms with E-state index in [2.05, 4.69) is 0 Å². The summed E-state index contributed by atoms with van der Waals surface area (Å²) in [7, 11) is -3.72. The molecule has 1 saturated heterocycles. The molecule has 1 fully saturated rings. The van der Waals surface area contributed by atoms with Crippen molar-refractivity contribution >= 4 is 21.7 Å². The second kappa shape index (κ2) is 5.65. The molecule has 1 aliphatic rings. The minimum atomic E-state index is -3.72. The van der Waals surface area contributed by atoms with Crippen molar-refractivity contribution < 1.29 is 18.3 Å². The van der Waals surface area contributed by atoms with Gasteiger partial charge in [0.1, 0.15) is 4.90 Å². The molecule has 1 aliphatic heterocycles. The molecule has 0 aromatic heterocycles. The molecule has 0 radical (unpaired) electrons. The van der Waals surface area contributed by atoms with Crippen molar-refractivity contribution in [3.8, 4) is 0 Å². The van der Waals surface area contributed by atoms with Gasteiger partial charge in [0.25, 0.3) is 0 Å². The molecule has 0 spiro atoms. The second-order valence-electron chi connectivity index (χ2n) is 5.52. The lowest BCUT2D eigenvalue weighted by Gasteiger charge is -2.37. The Hall–Kier alpha value is -1.60. The van der Waals surface area contributed by atoms with Gasteiger partial charge in [-0.2, -0.15) is 4.31 Å². The highest BCUT2D eigenvalue weighted by molar-refractivity contribution is 7.89. The van der Waals surface area contributed by atoms with Gasteiger partial charge in [0.05, 0.1) is 11.3 Å². The van der Waals surface area contributed by atoms with Crippen molar-refractivity contribution in [1.82, 2.24) is 4.31 Å². The van der Waals surface area contributed by atoms with Gasteiger partial charge >= 0.3 is 5.97 Å². The number of sulfonamides is 1. The van der Waals surface area contributed by atoms with Gasteiger partial charge in [-0.1, -0.05) is 6.42 Å². The second-order valence-corrected chi connectivity index (χ2v) is 7.33. The van der Waals surface area contributed by atoms with Crippen LogP contribution in [0.5, 0.6) is 0 Å². The summed E-state index contributed by atoms with van der Waals surface area (Å²) in [5.74, 6) is -1.13. The molecule has 0 saturated carbocycles. The maximum atomic E-state index is 12.8. The molecule has 3 N–H and O–H groups in total. The van der Waals surface area contributed by atoms with Gasteiger partial charge in [-0.05, 0) is 44.9 Å². The fourth-order valence-electron chi connectivity index (χ4n) is 2.90. The minimum Gasteiger partial charge on any atom is -0.478 e. The van der Waals surface area contributed by atoms with Gasteiger partial charge in [-0.3, -0.25) is 0 Å². The molecule has 1 heterocycles. The van der Waals surface area contributed by atoms with Crippen molar-refractivity contribution in [2.24, 2.45) is 0 Å². The first-order valence-corrected chi connectivity index (χ1v) is 8.35. The number of rotatable bonds is 3. The molecule has 0 bridgehead atoms. The summed E-state index contributed by atoms with van der Waals surface area (Å²) in [6.07, 6.45) is 2.63. The third-order valence-electron chi connectivity index (χ3n) is 3.92. The SMILES string of the molecule is C[C@@H]1CCC[C@H](C)N1S(=O)(=O)c1ccc(C(=O)O)cc1N. The third kappa shape index (κ3) is 2.89. The Morgan fingerprint density at radius 1 is 1.29 bits per heavy atom. The van der Waals surface area contributed by atoms with E-state index in [0.29, 0.717) is 0 Å². The third-order valence-corrected chi connectivity index (χ3v) is 6.13. The number of hydrogen-bond donors (Lipinski definition) is 2. The van der Waals surface area contributed by atoms with Crippen molar-refractivity contribution in [1.29, 1.82) is 0 Å². The quantitative estimate of drug-likeness (QED) is 0.830. The van der Waals surface area contributed by atoms with E-state index in [1.807, 2.05) is 13.8 Å². The Morgan fingerprint density at radius 3 is 2.33 bits per heavy atom. The van der Waals surface area contributed by atoms with Gasteiger partial charge in [-0.25, -0.2) is 13.2 Å². The van der Waals surface area contributed by atoms with Crippen LogP contribution in [-0.2, 0) is 10.0 Å². The number of anilines is 1. The van der Waals surface area contributed by atoms with E-state index in [-0.39, 0.29) is 28.2 Å². The van der Waals surface area contributed by atoms with Crippen LogP contribution in [0.3, 0.4) is 0 Å². The maximum absolute atomic E-state index is 12.8. The van der Waals surface area contributed by atoms with E-state index in [0.717, 1.165) is 19.3 Å².